The third-order valence-corrected chi connectivity index (χ3v) is 5.32. The van der Waals surface area contributed by atoms with Gasteiger partial charge in [-0.3, -0.25) is 4.79 Å². The van der Waals surface area contributed by atoms with Crippen LogP contribution >= 0.6 is 0 Å². The maximum Gasteiger partial charge on any atom is 0.223 e. The second-order valence-electron chi connectivity index (χ2n) is 7.77. The summed E-state index contributed by atoms with van der Waals surface area (Å²) < 4.78 is 16.3. The maximum atomic E-state index is 11.7. The van der Waals surface area contributed by atoms with Crippen molar-refractivity contribution in [3.8, 4) is 11.5 Å². The van der Waals surface area contributed by atoms with Crippen LogP contribution in [0.25, 0.3) is 0 Å². The van der Waals surface area contributed by atoms with Crippen molar-refractivity contribution in [1.29, 1.82) is 0 Å². The van der Waals surface area contributed by atoms with Crippen LogP contribution in [0.15, 0.2) is 18.2 Å². The Kier molecular flexibility index (Phi) is 11.7. The number of carbonyl (C=O) groups is 1. The summed E-state index contributed by atoms with van der Waals surface area (Å²) in [5.74, 6) is 1.40. The van der Waals surface area contributed by atoms with E-state index in [9.17, 15) is 4.79 Å². The zero-order chi connectivity index (χ0) is 20.8. The van der Waals surface area contributed by atoms with Gasteiger partial charge in [-0.25, -0.2) is 0 Å². The van der Waals surface area contributed by atoms with Gasteiger partial charge in [-0.2, -0.15) is 0 Å². The lowest BCUT2D eigenvalue weighted by atomic mass is 9.80. The van der Waals surface area contributed by atoms with E-state index in [4.69, 9.17) is 19.9 Å². The average molecular weight is 394 g/mol. The maximum absolute atomic E-state index is 11.7. The van der Waals surface area contributed by atoms with E-state index < -0.39 is 0 Å². The molecule has 1 aromatic carbocycles. The van der Waals surface area contributed by atoms with E-state index in [-0.39, 0.29) is 11.3 Å². The first-order valence-electron chi connectivity index (χ1n) is 10.6. The van der Waals surface area contributed by atoms with Gasteiger partial charge in [0, 0.05) is 25.6 Å². The third kappa shape index (κ3) is 8.51. The van der Waals surface area contributed by atoms with Gasteiger partial charge in [-0.05, 0) is 43.4 Å². The van der Waals surface area contributed by atoms with Crippen LogP contribution in [0.4, 0.5) is 0 Å². The summed E-state index contributed by atoms with van der Waals surface area (Å²) in [7, 11) is 3.36. The summed E-state index contributed by atoms with van der Waals surface area (Å²) in [5, 5.41) is 0. The smallest absolute Gasteiger partial charge is 0.223 e. The van der Waals surface area contributed by atoms with Gasteiger partial charge < -0.3 is 19.9 Å². The molecule has 0 saturated carbocycles. The lowest BCUT2D eigenvalue weighted by molar-refractivity contribution is -0.127. The van der Waals surface area contributed by atoms with E-state index in [0.29, 0.717) is 13.2 Å². The van der Waals surface area contributed by atoms with Crippen LogP contribution in [0.2, 0.25) is 0 Å². The molecule has 0 aliphatic heterocycles. The van der Waals surface area contributed by atoms with E-state index in [0.717, 1.165) is 69.3 Å². The molecule has 2 N–H and O–H groups in total. The number of primary amides is 1. The van der Waals surface area contributed by atoms with Crippen molar-refractivity contribution < 1.29 is 19.0 Å². The van der Waals surface area contributed by atoms with Crippen molar-refractivity contribution in [2.45, 2.75) is 71.6 Å². The van der Waals surface area contributed by atoms with Crippen LogP contribution in [0.3, 0.4) is 0 Å². The Morgan fingerprint density at radius 2 is 1.75 bits per heavy atom. The third-order valence-electron chi connectivity index (χ3n) is 5.32. The predicted octanol–water partition coefficient (Wildman–Crippen LogP) is 4.90. The van der Waals surface area contributed by atoms with E-state index in [1.807, 2.05) is 13.0 Å². The number of carbonyl (C=O) groups excluding carboxylic acids is 1. The van der Waals surface area contributed by atoms with Gasteiger partial charge in [0.2, 0.25) is 5.91 Å². The molecule has 0 heterocycles. The summed E-state index contributed by atoms with van der Waals surface area (Å²) in [6, 6.07) is 6.16. The first-order valence-corrected chi connectivity index (χ1v) is 10.6. The van der Waals surface area contributed by atoms with E-state index in [1.165, 1.54) is 5.56 Å². The first kappa shape index (κ1) is 24.3. The first-order chi connectivity index (χ1) is 13.5. The minimum Gasteiger partial charge on any atom is -0.493 e. The Morgan fingerprint density at radius 3 is 2.39 bits per heavy atom. The fourth-order valence-corrected chi connectivity index (χ4v) is 3.50. The number of hydrogen-bond acceptors (Lipinski definition) is 4. The van der Waals surface area contributed by atoms with E-state index in [2.05, 4.69) is 19.1 Å². The average Bonchev–Trinajstić information content (AvgIpc) is 2.68. The second-order valence-corrected chi connectivity index (χ2v) is 7.77. The zero-order valence-corrected chi connectivity index (χ0v) is 18.2. The number of nitrogens with two attached hydrogens (primary N) is 1. The normalized spacial score (nSPS) is 13.1. The standard InChI is InChI=1S/C23H39NO4/c1-5-14-23(2,22(24)25)15-9-7-6-8-11-19-12-13-20(27-4)21(18-19)28-17-10-16-26-3/h12-13,18H,5-11,14-17H2,1-4H3,(H2,24,25)/t23-/m1/s1. The second kappa shape index (κ2) is 13.4. The van der Waals surface area contributed by atoms with Crippen molar-refractivity contribution in [2.75, 3.05) is 27.4 Å². The minimum atomic E-state index is -0.347. The van der Waals surface area contributed by atoms with Crippen LogP contribution < -0.4 is 15.2 Å². The van der Waals surface area contributed by atoms with Crippen molar-refractivity contribution in [1.82, 2.24) is 0 Å². The molecule has 0 spiro atoms. The summed E-state index contributed by atoms with van der Waals surface area (Å²) in [6.45, 7) is 5.41. The Balaban J connectivity index is 2.39. The predicted molar refractivity (Wildman–Crippen MR) is 114 cm³/mol. The van der Waals surface area contributed by atoms with Crippen LogP contribution in [0, 0.1) is 5.41 Å². The molecule has 0 radical (unpaired) electrons. The Bertz CT molecular complexity index is 576. The highest BCUT2D eigenvalue weighted by Gasteiger charge is 2.29. The number of ether oxygens (including phenoxy) is 3. The molecule has 0 unspecified atom stereocenters. The molecule has 1 aromatic rings. The molecule has 0 aromatic heterocycles. The topological polar surface area (TPSA) is 70.8 Å². The molecule has 1 amide bonds. The lowest BCUT2D eigenvalue weighted by Gasteiger charge is -2.25. The fourth-order valence-electron chi connectivity index (χ4n) is 3.50. The summed E-state index contributed by atoms with van der Waals surface area (Å²) in [6.07, 6.45) is 9.07. The molecule has 5 heteroatoms. The Labute approximate surface area is 170 Å². The molecule has 1 atom stereocenters. The number of unbranched alkanes of at least 4 members (excludes halogenated alkanes) is 3. The largest absolute Gasteiger partial charge is 0.493 e. The molecule has 0 bridgehead atoms. The summed E-state index contributed by atoms with van der Waals surface area (Å²) in [4.78, 5) is 11.7. The fraction of sp³-hybridized carbons (Fsp3) is 0.696. The van der Waals surface area contributed by atoms with Gasteiger partial charge in [-0.15, -0.1) is 0 Å². The molecular weight excluding hydrogens is 354 g/mol. The molecule has 0 aliphatic rings. The number of benzene rings is 1. The molecule has 1 rings (SSSR count). The lowest BCUT2D eigenvalue weighted by Crippen LogP contribution is -2.34. The molecule has 0 fully saturated rings. The molecule has 5 nitrogen and oxygen atoms in total. The highest BCUT2D eigenvalue weighted by molar-refractivity contribution is 5.80. The Morgan fingerprint density at radius 1 is 1.00 bits per heavy atom. The van der Waals surface area contributed by atoms with Gasteiger partial charge in [0.25, 0.3) is 0 Å². The summed E-state index contributed by atoms with van der Waals surface area (Å²) >= 11 is 0. The minimum absolute atomic E-state index is 0.161. The van der Waals surface area contributed by atoms with Crippen molar-refractivity contribution in [3.63, 3.8) is 0 Å². The zero-order valence-electron chi connectivity index (χ0n) is 18.2. The monoisotopic (exact) mass is 393 g/mol. The molecule has 0 aliphatic carbocycles. The van der Waals surface area contributed by atoms with Gasteiger partial charge in [0.1, 0.15) is 0 Å². The Hall–Kier alpha value is -1.75. The highest BCUT2D eigenvalue weighted by Crippen LogP contribution is 2.31. The number of rotatable bonds is 16. The van der Waals surface area contributed by atoms with Gasteiger partial charge in [-0.1, -0.05) is 45.6 Å². The summed E-state index contributed by atoms with van der Waals surface area (Å²) in [5.41, 5.74) is 6.51. The van der Waals surface area contributed by atoms with Crippen LogP contribution in [0.1, 0.15) is 70.8 Å². The van der Waals surface area contributed by atoms with E-state index in [1.54, 1.807) is 14.2 Å². The van der Waals surface area contributed by atoms with Gasteiger partial charge >= 0.3 is 0 Å². The quantitative estimate of drug-likeness (QED) is 0.406. The van der Waals surface area contributed by atoms with Crippen molar-refractivity contribution in [2.24, 2.45) is 11.1 Å². The molecular formula is C23H39NO4. The van der Waals surface area contributed by atoms with Crippen molar-refractivity contribution >= 4 is 5.91 Å². The van der Waals surface area contributed by atoms with Crippen LogP contribution in [-0.4, -0.2) is 33.3 Å². The molecule has 160 valence electrons. The number of amides is 1. The number of methoxy groups -OCH3 is 2. The van der Waals surface area contributed by atoms with Crippen LogP contribution in [0.5, 0.6) is 11.5 Å². The van der Waals surface area contributed by atoms with Gasteiger partial charge in [0.05, 0.1) is 13.7 Å². The molecule has 0 saturated heterocycles. The molecule has 28 heavy (non-hydrogen) atoms. The SMILES string of the molecule is CCC[C@](C)(CCCCCCc1ccc(OC)c(OCCCOC)c1)C(N)=O. The number of hydrogen-bond donors (Lipinski definition) is 1. The number of aryl methyl sites for hydroxylation is 1. The van der Waals surface area contributed by atoms with Gasteiger partial charge in [0.15, 0.2) is 11.5 Å². The highest BCUT2D eigenvalue weighted by atomic mass is 16.5. The van der Waals surface area contributed by atoms with Crippen LogP contribution in [-0.2, 0) is 16.0 Å². The van der Waals surface area contributed by atoms with Crippen molar-refractivity contribution in [3.05, 3.63) is 23.8 Å². The van der Waals surface area contributed by atoms with E-state index >= 15 is 0 Å².